The first kappa shape index (κ1) is 15.9. The van der Waals surface area contributed by atoms with Crippen molar-refractivity contribution in [1.29, 1.82) is 0 Å². The molecule has 0 spiro atoms. The Balaban J connectivity index is 2.03. The summed E-state index contributed by atoms with van der Waals surface area (Å²) in [5, 5.41) is 8.37. The Morgan fingerprint density at radius 3 is 2.90 bits per heavy atom. The fourth-order valence-electron chi connectivity index (χ4n) is 2.73. The minimum Gasteiger partial charge on any atom is -0.312 e. The molecule has 0 aliphatic carbocycles. The Morgan fingerprint density at radius 1 is 1.50 bits per heavy atom. The molecule has 1 fully saturated rings. The van der Waals surface area contributed by atoms with E-state index in [0.29, 0.717) is 18.1 Å². The number of nitrogens with zero attached hydrogens (tertiary/aromatic N) is 3. The normalized spacial score (nSPS) is 22.4. The van der Waals surface area contributed by atoms with Crippen LogP contribution in [0, 0.1) is 0 Å². The van der Waals surface area contributed by atoms with Crippen molar-refractivity contribution in [2.45, 2.75) is 45.3 Å². The molecule has 4 nitrogen and oxygen atoms in total. The van der Waals surface area contributed by atoms with Crippen LogP contribution < -0.4 is 5.32 Å². The second kappa shape index (κ2) is 7.48. The van der Waals surface area contributed by atoms with Crippen LogP contribution in [0.2, 0.25) is 0 Å². The summed E-state index contributed by atoms with van der Waals surface area (Å²) in [6.45, 7) is 8.74. The molecule has 1 aromatic heterocycles. The van der Waals surface area contributed by atoms with Gasteiger partial charge in [0.25, 0.3) is 0 Å². The Bertz CT molecular complexity index is 404. The van der Waals surface area contributed by atoms with Gasteiger partial charge in [-0.25, -0.2) is 0 Å². The van der Waals surface area contributed by atoms with Crippen molar-refractivity contribution in [1.82, 2.24) is 20.0 Å². The van der Waals surface area contributed by atoms with Crippen LogP contribution in [0.4, 0.5) is 0 Å². The van der Waals surface area contributed by atoms with E-state index in [2.05, 4.69) is 66.7 Å². The van der Waals surface area contributed by atoms with E-state index in [1.807, 2.05) is 0 Å². The van der Waals surface area contributed by atoms with Gasteiger partial charge in [-0.15, -0.1) is 0 Å². The molecule has 1 saturated heterocycles. The highest BCUT2D eigenvalue weighted by Crippen LogP contribution is 2.19. The highest BCUT2D eigenvalue weighted by Gasteiger charge is 2.28. The van der Waals surface area contributed by atoms with Gasteiger partial charge in [-0.1, -0.05) is 6.92 Å². The van der Waals surface area contributed by atoms with Gasteiger partial charge in [-0.3, -0.25) is 4.68 Å². The summed E-state index contributed by atoms with van der Waals surface area (Å²) in [6, 6.07) is 3.71. The van der Waals surface area contributed by atoms with Crippen LogP contribution in [0.25, 0.3) is 0 Å². The number of hydrogen-bond acceptors (Lipinski definition) is 4. The molecule has 1 aliphatic rings. The highest BCUT2D eigenvalue weighted by atomic mass is 32.2. The number of rotatable bonds is 6. The number of likely N-dealkylation sites (N-methyl/N-ethyl adjacent to an activating group) is 2. The van der Waals surface area contributed by atoms with Crippen LogP contribution in [0.1, 0.15) is 32.5 Å². The fraction of sp³-hybridized carbons (Fsp3) is 0.800. The molecule has 0 saturated carbocycles. The molecule has 1 aliphatic heterocycles. The predicted octanol–water partition coefficient (Wildman–Crippen LogP) is 2.03. The van der Waals surface area contributed by atoms with E-state index in [-0.39, 0.29) is 0 Å². The monoisotopic (exact) mass is 296 g/mol. The smallest absolute Gasteiger partial charge is 0.0640 e. The van der Waals surface area contributed by atoms with E-state index < -0.39 is 0 Å². The predicted molar refractivity (Wildman–Crippen MR) is 87.5 cm³/mol. The quantitative estimate of drug-likeness (QED) is 0.871. The van der Waals surface area contributed by atoms with Crippen molar-refractivity contribution in [2.75, 3.05) is 31.6 Å². The van der Waals surface area contributed by atoms with Crippen LogP contribution in [-0.4, -0.2) is 58.4 Å². The fourth-order valence-corrected chi connectivity index (χ4v) is 4.05. The Hall–Kier alpha value is -0.520. The van der Waals surface area contributed by atoms with Crippen LogP contribution in [0.5, 0.6) is 0 Å². The summed E-state index contributed by atoms with van der Waals surface area (Å²) in [4.78, 5) is 2.50. The van der Waals surface area contributed by atoms with Gasteiger partial charge in [0, 0.05) is 48.8 Å². The Labute approximate surface area is 127 Å². The lowest BCUT2D eigenvalue weighted by atomic mass is 10.0. The van der Waals surface area contributed by atoms with E-state index in [0.717, 1.165) is 13.0 Å². The molecule has 2 unspecified atom stereocenters. The van der Waals surface area contributed by atoms with Crippen molar-refractivity contribution in [3.63, 3.8) is 0 Å². The number of hydrogen-bond donors (Lipinski definition) is 1. The summed E-state index contributed by atoms with van der Waals surface area (Å²) in [5.41, 5.74) is 1.20. The highest BCUT2D eigenvalue weighted by molar-refractivity contribution is 7.99. The Morgan fingerprint density at radius 2 is 2.30 bits per heavy atom. The van der Waals surface area contributed by atoms with Gasteiger partial charge in [0.2, 0.25) is 0 Å². The molecule has 2 heterocycles. The second-order valence-corrected chi connectivity index (χ2v) is 7.02. The van der Waals surface area contributed by atoms with Gasteiger partial charge in [0.1, 0.15) is 0 Å². The zero-order valence-electron chi connectivity index (χ0n) is 13.2. The van der Waals surface area contributed by atoms with Crippen molar-refractivity contribution in [3.8, 4) is 0 Å². The lowest BCUT2D eigenvalue weighted by Crippen LogP contribution is -2.53. The zero-order valence-corrected chi connectivity index (χ0v) is 14.0. The molecule has 0 radical (unpaired) electrons. The topological polar surface area (TPSA) is 33.1 Å². The third-order valence-electron chi connectivity index (χ3n) is 4.00. The molecule has 5 heteroatoms. The molecule has 1 N–H and O–H groups in total. The number of thioether (sulfide) groups is 1. The average Bonchev–Trinajstić information content (AvgIpc) is 2.88. The minimum atomic E-state index is 0.439. The van der Waals surface area contributed by atoms with E-state index in [9.17, 15) is 0 Å². The maximum atomic E-state index is 4.70. The molecular weight excluding hydrogens is 268 g/mol. The molecule has 1 aromatic rings. The first-order valence-corrected chi connectivity index (χ1v) is 8.82. The molecular formula is C15H28N4S. The van der Waals surface area contributed by atoms with Crippen molar-refractivity contribution >= 4 is 11.8 Å². The van der Waals surface area contributed by atoms with Crippen molar-refractivity contribution in [2.24, 2.45) is 0 Å². The van der Waals surface area contributed by atoms with Gasteiger partial charge in [-0.05, 0) is 33.5 Å². The van der Waals surface area contributed by atoms with Crippen LogP contribution in [0.3, 0.4) is 0 Å². The van der Waals surface area contributed by atoms with Crippen LogP contribution in [0.15, 0.2) is 12.3 Å². The number of nitrogens with one attached hydrogen (secondary N) is 1. The average molecular weight is 296 g/mol. The second-order valence-electron chi connectivity index (χ2n) is 5.87. The van der Waals surface area contributed by atoms with Crippen molar-refractivity contribution < 1.29 is 0 Å². The van der Waals surface area contributed by atoms with Gasteiger partial charge in [0.05, 0.1) is 5.69 Å². The third-order valence-corrected chi connectivity index (χ3v) is 5.04. The summed E-state index contributed by atoms with van der Waals surface area (Å²) >= 11 is 2.07. The number of aromatic nitrogens is 2. The lowest BCUT2D eigenvalue weighted by molar-refractivity contribution is 0.214. The lowest BCUT2D eigenvalue weighted by Gasteiger charge is -2.38. The van der Waals surface area contributed by atoms with E-state index >= 15 is 0 Å². The van der Waals surface area contributed by atoms with Gasteiger partial charge < -0.3 is 10.2 Å². The molecule has 20 heavy (non-hydrogen) atoms. The standard InChI is InChI=1S/C15H28N4S/c1-5-16-14(15-11-20-9-8-18(15)4)10-13-6-7-19(17-13)12(2)3/h6-7,12,14-16H,5,8-11H2,1-4H3. The summed E-state index contributed by atoms with van der Waals surface area (Å²) in [7, 11) is 2.25. The summed E-state index contributed by atoms with van der Waals surface area (Å²) in [6.07, 6.45) is 3.12. The Kier molecular flexibility index (Phi) is 5.93. The van der Waals surface area contributed by atoms with E-state index in [4.69, 9.17) is 5.10 Å². The van der Waals surface area contributed by atoms with E-state index in [1.165, 1.54) is 23.7 Å². The summed E-state index contributed by atoms with van der Waals surface area (Å²) in [5.74, 6) is 2.48. The van der Waals surface area contributed by atoms with Crippen LogP contribution >= 0.6 is 11.8 Å². The molecule has 0 bridgehead atoms. The molecule has 2 atom stereocenters. The van der Waals surface area contributed by atoms with Gasteiger partial charge in [-0.2, -0.15) is 16.9 Å². The van der Waals surface area contributed by atoms with E-state index in [1.54, 1.807) is 0 Å². The van der Waals surface area contributed by atoms with Gasteiger partial charge >= 0.3 is 0 Å². The van der Waals surface area contributed by atoms with Crippen LogP contribution in [-0.2, 0) is 6.42 Å². The summed E-state index contributed by atoms with van der Waals surface area (Å²) < 4.78 is 2.05. The first-order chi connectivity index (χ1) is 9.61. The maximum absolute atomic E-state index is 4.70. The largest absolute Gasteiger partial charge is 0.312 e. The molecule has 0 aromatic carbocycles. The maximum Gasteiger partial charge on any atom is 0.0640 e. The minimum absolute atomic E-state index is 0.439. The SMILES string of the molecule is CCNC(Cc1ccn(C(C)C)n1)C1CSCCN1C. The third kappa shape index (κ3) is 3.99. The molecule has 2 rings (SSSR count). The van der Waals surface area contributed by atoms with Crippen molar-refractivity contribution in [3.05, 3.63) is 18.0 Å². The molecule has 0 amide bonds. The zero-order chi connectivity index (χ0) is 14.5. The first-order valence-electron chi connectivity index (χ1n) is 7.67. The molecule has 114 valence electrons. The van der Waals surface area contributed by atoms with Gasteiger partial charge in [0.15, 0.2) is 0 Å².